The highest BCUT2D eigenvalue weighted by molar-refractivity contribution is 8.19. The van der Waals surface area contributed by atoms with Crippen LogP contribution in [0.5, 0.6) is 11.5 Å². The third-order valence-corrected chi connectivity index (χ3v) is 7.63. The van der Waals surface area contributed by atoms with Crippen molar-refractivity contribution in [1.82, 2.24) is 14.8 Å². The van der Waals surface area contributed by atoms with Crippen LogP contribution in [0.2, 0.25) is 5.02 Å². The van der Waals surface area contributed by atoms with E-state index in [2.05, 4.69) is 10.1 Å². The van der Waals surface area contributed by atoms with Gasteiger partial charge in [-0.3, -0.25) is 4.79 Å². The van der Waals surface area contributed by atoms with Crippen LogP contribution in [0.1, 0.15) is 15.7 Å². The van der Waals surface area contributed by atoms with Crippen LogP contribution in [-0.4, -0.2) is 26.3 Å². The van der Waals surface area contributed by atoms with Crippen LogP contribution < -0.4 is 10.3 Å². The van der Waals surface area contributed by atoms with Gasteiger partial charge in [0.2, 0.25) is 0 Å². The predicted octanol–water partition coefficient (Wildman–Crippen LogP) is 5.57. The molecule has 4 rings (SSSR count). The molecule has 1 aliphatic heterocycles. The summed E-state index contributed by atoms with van der Waals surface area (Å²) in [5.74, 6) is 2.69. The summed E-state index contributed by atoms with van der Waals surface area (Å²) in [7, 11) is 0. The van der Waals surface area contributed by atoms with E-state index in [9.17, 15) is 18.0 Å². The second-order valence-electron chi connectivity index (χ2n) is 6.19. The van der Waals surface area contributed by atoms with E-state index >= 15 is 0 Å². The van der Waals surface area contributed by atoms with Crippen molar-refractivity contribution in [2.45, 2.75) is 10.8 Å². The van der Waals surface area contributed by atoms with Crippen LogP contribution in [0.3, 0.4) is 0 Å². The SMILES string of the molecule is O=c1c(Cl)c(Oc2ccc(C3SCCS3)cc2)cnn1-c1ccc(C(F)(F)F)cn1. The van der Waals surface area contributed by atoms with Crippen LogP contribution >= 0.6 is 35.1 Å². The monoisotopic (exact) mass is 471 g/mol. The number of thioether (sulfide) groups is 2. The molecule has 0 amide bonds. The maximum absolute atomic E-state index is 12.7. The zero-order valence-corrected chi connectivity index (χ0v) is 17.5. The van der Waals surface area contributed by atoms with Gasteiger partial charge in [0, 0.05) is 17.7 Å². The van der Waals surface area contributed by atoms with Crippen molar-refractivity contribution in [2.75, 3.05) is 11.5 Å². The summed E-state index contributed by atoms with van der Waals surface area (Å²) >= 11 is 9.90. The standard InChI is InChI=1S/C19H13ClF3N3O2S2/c20-16-14(28-13-4-1-11(2-5-13)18-29-7-8-30-18)10-25-26(17(16)27)15-6-3-12(9-24-15)19(21,22)23/h1-6,9-10,18H,7-8H2. The minimum Gasteiger partial charge on any atom is -0.454 e. The van der Waals surface area contributed by atoms with E-state index in [-0.39, 0.29) is 16.6 Å². The van der Waals surface area contributed by atoms with Crippen molar-refractivity contribution in [1.29, 1.82) is 0 Å². The quantitative estimate of drug-likeness (QED) is 0.495. The van der Waals surface area contributed by atoms with Crippen molar-refractivity contribution in [3.63, 3.8) is 0 Å². The molecule has 1 aromatic carbocycles. The second kappa shape index (κ2) is 8.52. The van der Waals surface area contributed by atoms with Gasteiger partial charge in [0.1, 0.15) is 5.75 Å². The smallest absolute Gasteiger partial charge is 0.417 e. The van der Waals surface area contributed by atoms with Crippen LogP contribution in [0.15, 0.2) is 53.6 Å². The van der Waals surface area contributed by atoms with Crippen molar-refractivity contribution < 1.29 is 17.9 Å². The number of pyridine rings is 1. The molecule has 0 radical (unpaired) electrons. The normalized spacial score (nSPS) is 14.8. The van der Waals surface area contributed by atoms with Gasteiger partial charge in [-0.15, -0.1) is 23.5 Å². The number of rotatable bonds is 4. The molecule has 3 heterocycles. The molecule has 5 nitrogen and oxygen atoms in total. The average molecular weight is 472 g/mol. The molecule has 2 aromatic heterocycles. The van der Waals surface area contributed by atoms with Gasteiger partial charge in [-0.25, -0.2) is 4.98 Å². The number of alkyl halides is 3. The fourth-order valence-corrected chi connectivity index (χ4v) is 5.73. The molecule has 0 spiro atoms. The molecule has 3 aromatic rings. The number of halogens is 4. The van der Waals surface area contributed by atoms with Crippen molar-refractivity contribution >= 4 is 35.1 Å². The van der Waals surface area contributed by atoms with E-state index in [0.29, 0.717) is 16.5 Å². The first-order valence-corrected chi connectivity index (χ1v) is 11.1. The number of nitrogens with zero attached hydrogens (tertiary/aromatic N) is 3. The Morgan fingerprint density at radius 2 is 1.77 bits per heavy atom. The van der Waals surface area contributed by atoms with Crippen molar-refractivity contribution in [3.05, 3.63) is 75.3 Å². The molecular weight excluding hydrogens is 459 g/mol. The molecule has 1 fully saturated rings. The summed E-state index contributed by atoms with van der Waals surface area (Å²) in [6.07, 6.45) is -2.67. The van der Waals surface area contributed by atoms with Crippen LogP contribution in [0.4, 0.5) is 13.2 Å². The number of ether oxygens (including phenoxy) is 1. The number of aromatic nitrogens is 3. The largest absolute Gasteiger partial charge is 0.454 e. The third-order valence-electron chi connectivity index (χ3n) is 4.18. The molecule has 1 saturated heterocycles. The molecule has 30 heavy (non-hydrogen) atoms. The highest BCUT2D eigenvalue weighted by Gasteiger charge is 2.30. The maximum atomic E-state index is 12.7. The number of benzene rings is 1. The summed E-state index contributed by atoms with van der Waals surface area (Å²) in [5, 5.41) is 3.67. The molecule has 0 saturated carbocycles. The fraction of sp³-hybridized carbons (Fsp3) is 0.211. The van der Waals surface area contributed by atoms with Crippen LogP contribution in [0.25, 0.3) is 5.82 Å². The lowest BCUT2D eigenvalue weighted by Gasteiger charge is -2.12. The lowest BCUT2D eigenvalue weighted by atomic mass is 10.2. The first-order chi connectivity index (χ1) is 14.3. The zero-order chi connectivity index (χ0) is 21.3. The van der Waals surface area contributed by atoms with E-state index in [1.165, 1.54) is 11.8 Å². The highest BCUT2D eigenvalue weighted by atomic mass is 35.5. The number of hydrogen-bond donors (Lipinski definition) is 0. The van der Waals surface area contributed by atoms with Crippen molar-refractivity contribution in [3.8, 4) is 17.3 Å². The van der Waals surface area contributed by atoms with Gasteiger partial charge in [-0.2, -0.15) is 23.0 Å². The Balaban J connectivity index is 1.55. The zero-order valence-electron chi connectivity index (χ0n) is 15.1. The van der Waals surface area contributed by atoms with Gasteiger partial charge in [0.05, 0.1) is 16.3 Å². The van der Waals surface area contributed by atoms with Gasteiger partial charge in [0.15, 0.2) is 16.6 Å². The van der Waals surface area contributed by atoms with Crippen molar-refractivity contribution in [2.24, 2.45) is 0 Å². The molecule has 0 aliphatic carbocycles. The van der Waals surface area contributed by atoms with Gasteiger partial charge in [0.25, 0.3) is 5.56 Å². The van der Waals surface area contributed by atoms with Crippen LogP contribution in [-0.2, 0) is 6.18 Å². The number of hydrogen-bond acceptors (Lipinski definition) is 6. The Morgan fingerprint density at radius 3 is 2.37 bits per heavy atom. The van der Waals surface area contributed by atoms with Gasteiger partial charge >= 0.3 is 6.18 Å². The third kappa shape index (κ3) is 4.45. The highest BCUT2D eigenvalue weighted by Crippen LogP contribution is 2.45. The Kier molecular flexibility index (Phi) is 5.99. The van der Waals surface area contributed by atoms with Gasteiger partial charge < -0.3 is 4.74 Å². The molecule has 11 heteroatoms. The first kappa shape index (κ1) is 21.1. The Bertz CT molecular complexity index is 1100. The second-order valence-corrected chi connectivity index (χ2v) is 9.29. The summed E-state index contributed by atoms with van der Waals surface area (Å²) < 4.78 is 44.9. The molecule has 0 atom stereocenters. The summed E-state index contributed by atoms with van der Waals surface area (Å²) in [4.78, 5) is 16.2. The summed E-state index contributed by atoms with van der Waals surface area (Å²) in [6.45, 7) is 0. The lowest BCUT2D eigenvalue weighted by Crippen LogP contribution is -2.22. The molecular formula is C19H13ClF3N3O2S2. The van der Waals surface area contributed by atoms with E-state index in [0.717, 1.165) is 28.3 Å². The first-order valence-electron chi connectivity index (χ1n) is 8.65. The van der Waals surface area contributed by atoms with Gasteiger partial charge in [-0.05, 0) is 29.8 Å². The average Bonchev–Trinajstić information content (AvgIpc) is 3.27. The van der Waals surface area contributed by atoms with E-state index < -0.39 is 17.3 Å². The molecule has 1 aliphatic rings. The Hall–Kier alpha value is -2.17. The summed E-state index contributed by atoms with van der Waals surface area (Å²) in [5.41, 5.74) is -0.497. The predicted molar refractivity (Wildman–Crippen MR) is 112 cm³/mol. The topological polar surface area (TPSA) is 57.0 Å². The molecule has 0 bridgehead atoms. The fourth-order valence-electron chi connectivity index (χ4n) is 2.70. The van der Waals surface area contributed by atoms with E-state index in [1.807, 2.05) is 35.7 Å². The summed E-state index contributed by atoms with van der Waals surface area (Å²) in [6, 6.07) is 9.35. The Labute approximate surface area is 182 Å². The molecule has 0 N–H and O–H groups in total. The molecule has 156 valence electrons. The minimum atomic E-state index is -4.52. The van der Waals surface area contributed by atoms with Gasteiger partial charge in [-0.1, -0.05) is 23.7 Å². The maximum Gasteiger partial charge on any atom is 0.417 e. The van der Waals surface area contributed by atoms with E-state index in [1.54, 1.807) is 12.1 Å². The minimum absolute atomic E-state index is 0.0437. The lowest BCUT2D eigenvalue weighted by molar-refractivity contribution is -0.137. The van der Waals surface area contributed by atoms with E-state index in [4.69, 9.17) is 16.3 Å². The Morgan fingerprint density at radius 1 is 1.07 bits per heavy atom. The van der Waals surface area contributed by atoms with Crippen LogP contribution in [0, 0.1) is 0 Å². The molecule has 0 unspecified atom stereocenters.